The number of halogens is 4. The summed E-state index contributed by atoms with van der Waals surface area (Å²) in [5, 5.41) is 8.67. The molecule has 0 bridgehead atoms. The van der Waals surface area contributed by atoms with Gasteiger partial charge in [0.1, 0.15) is 17.9 Å². The smallest absolute Gasteiger partial charge is 0.209 e. The number of nitriles is 1. The van der Waals surface area contributed by atoms with Gasteiger partial charge in [-0.2, -0.15) is 5.26 Å². The first kappa shape index (κ1) is 14.7. The zero-order valence-corrected chi connectivity index (χ0v) is 9.64. The first-order valence-electron chi connectivity index (χ1n) is 5.03. The predicted octanol–water partition coefficient (Wildman–Crippen LogP) is 2.87. The Morgan fingerprint density at radius 2 is 1.95 bits per heavy atom. The minimum atomic E-state index is -2.11. The van der Waals surface area contributed by atoms with Gasteiger partial charge in [0, 0.05) is 0 Å². The number of hydrogen-bond acceptors (Lipinski definition) is 3. The van der Waals surface area contributed by atoms with E-state index in [1.54, 1.807) is 6.92 Å². The Morgan fingerprint density at radius 1 is 1.32 bits per heavy atom. The molecule has 0 spiro atoms. The molecule has 3 nitrogen and oxygen atoms in total. The van der Waals surface area contributed by atoms with Gasteiger partial charge in [-0.25, -0.2) is 17.6 Å². The van der Waals surface area contributed by atoms with Crippen molar-refractivity contribution in [2.45, 2.75) is 6.92 Å². The van der Waals surface area contributed by atoms with E-state index >= 15 is 0 Å². The standard InChI is InChI=1S/C12H7F4NO2/c1-2-19-5-6(4-17)12(18)7-3-8(13)10(15)11(16)9(7)14/h3,5H,2H2,1H3. The molecule has 0 atom stereocenters. The number of carbonyl (C=O) groups excluding carboxylic acids is 1. The van der Waals surface area contributed by atoms with E-state index in [0.29, 0.717) is 0 Å². The van der Waals surface area contributed by atoms with Gasteiger partial charge in [-0.1, -0.05) is 0 Å². The molecule has 0 aliphatic heterocycles. The number of rotatable bonds is 4. The molecule has 0 fully saturated rings. The van der Waals surface area contributed by atoms with Crippen LogP contribution in [0, 0.1) is 34.6 Å². The molecule has 0 saturated carbocycles. The van der Waals surface area contributed by atoms with Crippen LogP contribution in [0.2, 0.25) is 0 Å². The average molecular weight is 273 g/mol. The van der Waals surface area contributed by atoms with Crippen LogP contribution < -0.4 is 0 Å². The first-order chi connectivity index (χ1) is 8.93. The molecular weight excluding hydrogens is 266 g/mol. The molecule has 1 aromatic rings. The molecule has 1 aromatic carbocycles. The zero-order valence-electron chi connectivity index (χ0n) is 9.64. The molecule has 7 heteroatoms. The summed E-state index contributed by atoms with van der Waals surface area (Å²) in [5.41, 5.74) is -1.74. The summed E-state index contributed by atoms with van der Waals surface area (Å²) < 4.78 is 56.6. The van der Waals surface area contributed by atoms with Crippen LogP contribution in [0.4, 0.5) is 17.6 Å². The molecular formula is C12H7F4NO2. The van der Waals surface area contributed by atoms with Crippen molar-refractivity contribution < 1.29 is 27.1 Å². The molecule has 19 heavy (non-hydrogen) atoms. The molecule has 0 radical (unpaired) electrons. The Morgan fingerprint density at radius 3 is 2.47 bits per heavy atom. The maximum atomic E-state index is 13.3. The highest BCUT2D eigenvalue weighted by molar-refractivity contribution is 6.11. The summed E-state index contributed by atoms with van der Waals surface area (Å²) in [4.78, 5) is 11.7. The van der Waals surface area contributed by atoms with Crippen LogP contribution in [-0.4, -0.2) is 12.4 Å². The predicted molar refractivity (Wildman–Crippen MR) is 55.9 cm³/mol. The number of Topliss-reactive ketones (excluding diaryl/α,β-unsaturated/α-hetero) is 1. The normalized spacial score (nSPS) is 11.1. The van der Waals surface area contributed by atoms with Crippen LogP contribution in [0.5, 0.6) is 0 Å². The number of ketones is 1. The fourth-order valence-electron chi connectivity index (χ4n) is 1.18. The fraction of sp³-hybridized carbons (Fsp3) is 0.167. The van der Waals surface area contributed by atoms with E-state index in [-0.39, 0.29) is 12.7 Å². The number of ether oxygens (including phenoxy) is 1. The summed E-state index contributed by atoms with van der Waals surface area (Å²) >= 11 is 0. The topological polar surface area (TPSA) is 50.1 Å². The number of nitrogens with zero attached hydrogens (tertiary/aromatic N) is 1. The summed E-state index contributed by atoms with van der Waals surface area (Å²) in [5.74, 6) is -9.03. The van der Waals surface area contributed by atoms with Crippen molar-refractivity contribution in [2.24, 2.45) is 0 Å². The van der Waals surface area contributed by atoms with Gasteiger partial charge in [0.15, 0.2) is 23.3 Å². The van der Waals surface area contributed by atoms with Gasteiger partial charge in [-0.05, 0) is 13.0 Å². The van der Waals surface area contributed by atoms with Crippen molar-refractivity contribution in [3.63, 3.8) is 0 Å². The van der Waals surface area contributed by atoms with Gasteiger partial charge < -0.3 is 4.74 Å². The monoisotopic (exact) mass is 273 g/mol. The van der Waals surface area contributed by atoms with Gasteiger partial charge in [0.05, 0.1) is 12.2 Å². The van der Waals surface area contributed by atoms with Gasteiger partial charge in [-0.15, -0.1) is 0 Å². The minimum absolute atomic E-state index is 0.132. The molecule has 0 N–H and O–H groups in total. The van der Waals surface area contributed by atoms with Crippen LogP contribution in [-0.2, 0) is 4.74 Å². The van der Waals surface area contributed by atoms with Crippen molar-refractivity contribution in [1.29, 1.82) is 5.26 Å². The first-order valence-corrected chi connectivity index (χ1v) is 5.03. The maximum Gasteiger partial charge on any atom is 0.209 e. The van der Waals surface area contributed by atoms with Crippen LogP contribution in [0.1, 0.15) is 17.3 Å². The zero-order chi connectivity index (χ0) is 14.6. The van der Waals surface area contributed by atoms with E-state index < -0.39 is 40.2 Å². The Kier molecular flexibility index (Phi) is 4.64. The Balaban J connectivity index is 3.32. The second kappa shape index (κ2) is 6.00. The molecule has 0 saturated heterocycles. The third-order valence-corrected chi connectivity index (χ3v) is 2.08. The van der Waals surface area contributed by atoms with Crippen LogP contribution in [0.3, 0.4) is 0 Å². The van der Waals surface area contributed by atoms with Crippen molar-refractivity contribution in [3.8, 4) is 6.07 Å². The lowest BCUT2D eigenvalue weighted by Gasteiger charge is -2.04. The minimum Gasteiger partial charge on any atom is -0.500 e. The van der Waals surface area contributed by atoms with Gasteiger partial charge in [-0.3, -0.25) is 4.79 Å². The number of benzene rings is 1. The van der Waals surface area contributed by atoms with E-state index in [0.717, 1.165) is 6.26 Å². The maximum absolute atomic E-state index is 13.3. The third kappa shape index (κ3) is 2.91. The van der Waals surface area contributed by atoms with E-state index in [2.05, 4.69) is 4.74 Å². The highest BCUT2D eigenvalue weighted by Crippen LogP contribution is 2.21. The summed E-state index contributed by atoms with van der Waals surface area (Å²) in [7, 11) is 0. The van der Waals surface area contributed by atoms with Crippen molar-refractivity contribution in [1.82, 2.24) is 0 Å². The van der Waals surface area contributed by atoms with Crippen molar-refractivity contribution in [3.05, 3.63) is 46.7 Å². The molecule has 100 valence electrons. The molecule has 0 aromatic heterocycles. The SMILES string of the molecule is CCOC=C(C#N)C(=O)c1cc(F)c(F)c(F)c1F. The molecule has 0 aliphatic rings. The second-order valence-electron chi connectivity index (χ2n) is 3.28. The summed E-state index contributed by atoms with van der Waals surface area (Å²) in [6.07, 6.45) is 0.737. The fourth-order valence-corrected chi connectivity index (χ4v) is 1.18. The average Bonchev–Trinajstić information content (AvgIpc) is 2.41. The van der Waals surface area contributed by atoms with Crippen LogP contribution >= 0.6 is 0 Å². The van der Waals surface area contributed by atoms with E-state index in [9.17, 15) is 22.4 Å². The lowest BCUT2D eigenvalue weighted by Crippen LogP contribution is -2.10. The lowest BCUT2D eigenvalue weighted by atomic mass is 10.0. The van der Waals surface area contributed by atoms with Crippen molar-refractivity contribution >= 4 is 5.78 Å². The quantitative estimate of drug-likeness (QED) is 0.161. The van der Waals surface area contributed by atoms with Gasteiger partial charge in [0.25, 0.3) is 0 Å². The Hall–Kier alpha value is -2.36. The number of hydrogen-bond donors (Lipinski definition) is 0. The van der Waals surface area contributed by atoms with Crippen LogP contribution in [0.15, 0.2) is 17.9 Å². The van der Waals surface area contributed by atoms with E-state index in [1.807, 2.05) is 0 Å². The van der Waals surface area contributed by atoms with Crippen LogP contribution in [0.25, 0.3) is 0 Å². The Labute approximate surface area is 105 Å². The van der Waals surface area contributed by atoms with Gasteiger partial charge in [0.2, 0.25) is 5.78 Å². The third-order valence-electron chi connectivity index (χ3n) is 2.08. The van der Waals surface area contributed by atoms with Gasteiger partial charge >= 0.3 is 0 Å². The highest BCUT2D eigenvalue weighted by Gasteiger charge is 2.25. The van der Waals surface area contributed by atoms with E-state index in [4.69, 9.17) is 5.26 Å². The molecule has 1 rings (SSSR count). The lowest BCUT2D eigenvalue weighted by molar-refractivity contribution is 0.102. The highest BCUT2D eigenvalue weighted by atomic mass is 19.2. The molecule has 0 heterocycles. The summed E-state index contributed by atoms with van der Waals surface area (Å²) in [6.45, 7) is 1.70. The Bertz CT molecular complexity index is 590. The largest absolute Gasteiger partial charge is 0.500 e. The molecule has 0 unspecified atom stereocenters. The second-order valence-corrected chi connectivity index (χ2v) is 3.28. The van der Waals surface area contributed by atoms with E-state index in [1.165, 1.54) is 6.07 Å². The molecule has 0 aliphatic carbocycles. The van der Waals surface area contributed by atoms with Crippen molar-refractivity contribution in [2.75, 3.05) is 6.61 Å². The molecule has 0 amide bonds. The number of carbonyl (C=O) groups is 1. The summed E-state index contributed by atoms with van der Waals surface area (Å²) in [6, 6.07) is 1.58. The number of allylic oxidation sites excluding steroid dienone is 1.